The minimum absolute atomic E-state index is 0.247. The van der Waals surface area contributed by atoms with Gasteiger partial charge in [-0.05, 0) is 37.6 Å². The number of ether oxygens (including phenoxy) is 2. The molecule has 0 amide bonds. The largest absolute Gasteiger partial charge is 0.494 e. The van der Waals surface area contributed by atoms with Crippen molar-refractivity contribution in [3.05, 3.63) is 29.8 Å². The van der Waals surface area contributed by atoms with E-state index in [0.717, 1.165) is 38.4 Å². The second kappa shape index (κ2) is 11.6. The van der Waals surface area contributed by atoms with Gasteiger partial charge in [-0.1, -0.05) is 45.2 Å². The highest BCUT2D eigenvalue weighted by molar-refractivity contribution is 5.29. The Labute approximate surface area is 130 Å². The Kier molecular flexibility index (Phi) is 9.92. The molecule has 1 atom stereocenters. The summed E-state index contributed by atoms with van der Waals surface area (Å²) in [6.45, 7) is 6.69. The van der Waals surface area contributed by atoms with E-state index < -0.39 is 0 Å². The van der Waals surface area contributed by atoms with E-state index in [4.69, 9.17) is 9.47 Å². The number of rotatable bonds is 12. The van der Waals surface area contributed by atoms with Gasteiger partial charge in [0.25, 0.3) is 0 Å². The van der Waals surface area contributed by atoms with Crippen LogP contribution in [0.25, 0.3) is 0 Å². The Balaban J connectivity index is 2.33. The molecule has 3 heteroatoms. The van der Waals surface area contributed by atoms with Crippen molar-refractivity contribution >= 4 is 0 Å². The molecule has 0 aliphatic rings. The Morgan fingerprint density at radius 1 is 0.952 bits per heavy atom. The molecule has 120 valence electrons. The van der Waals surface area contributed by atoms with Crippen molar-refractivity contribution in [1.82, 2.24) is 5.32 Å². The lowest BCUT2D eigenvalue weighted by atomic mass is 10.1. The molecule has 0 bridgehead atoms. The first-order chi connectivity index (χ1) is 10.3. The molecule has 0 aliphatic carbocycles. The topological polar surface area (TPSA) is 30.5 Å². The van der Waals surface area contributed by atoms with Crippen molar-refractivity contribution in [2.24, 2.45) is 0 Å². The molecule has 0 radical (unpaired) electrons. The van der Waals surface area contributed by atoms with E-state index in [-0.39, 0.29) is 6.04 Å². The smallest absolute Gasteiger partial charge is 0.119 e. The quantitative estimate of drug-likeness (QED) is 0.582. The van der Waals surface area contributed by atoms with Gasteiger partial charge in [-0.2, -0.15) is 0 Å². The van der Waals surface area contributed by atoms with Crippen LogP contribution in [0.4, 0.5) is 0 Å². The molecule has 0 saturated heterocycles. The highest BCUT2D eigenvalue weighted by atomic mass is 16.5. The third kappa shape index (κ3) is 7.49. The zero-order chi connectivity index (χ0) is 15.3. The summed E-state index contributed by atoms with van der Waals surface area (Å²) in [5, 5.41) is 3.32. The number of likely N-dealkylation sites (N-methyl/N-ethyl adjacent to an activating group) is 1. The SMILES string of the molecule is CCCCCCOCC(NC)c1ccc(OCCC)cc1. The summed E-state index contributed by atoms with van der Waals surface area (Å²) < 4.78 is 11.4. The predicted molar refractivity (Wildman–Crippen MR) is 89.0 cm³/mol. The Morgan fingerprint density at radius 2 is 1.71 bits per heavy atom. The van der Waals surface area contributed by atoms with Gasteiger partial charge < -0.3 is 14.8 Å². The van der Waals surface area contributed by atoms with Crippen LogP contribution in [0.1, 0.15) is 57.6 Å². The van der Waals surface area contributed by atoms with Crippen LogP contribution in [0.2, 0.25) is 0 Å². The first-order valence-corrected chi connectivity index (χ1v) is 8.29. The maximum absolute atomic E-state index is 5.79. The van der Waals surface area contributed by atoms with E-state index in [1.165, 1.54) is 24.8 Å². The molecule has 0 spiro atoms. The summed E-state index contributed by atoms with van der Waals surface area (Å²) >= 11 is 0. The lowest BCUT2D eigenvalue weighted by Gasteiger charge is -2.17. The van der Waals surface area contributed by atoms with E-state index >= 15 is 0 Å². The summed E-state index contributed by atoms with van der Waals surface area (Å²) in [5.41, 5.74) is 1.25. The second-order valence-electron chi connectivity index (χ2n) is 5.39. The highest BCUT2D eigenvalue weighted by Crippen LogP contribution is 2.18. The maximum atomic E-state index is 5.79. The standard InChI is InChI=1S/C18H31NO2/c1-4-6-7-8-14-20-15-18(19-3)16-9-11-17(12-10-16)21-13-5-2/h9-12,18-19H,4-8,13-15H2,1-3H3. The first-order valence-electron chi connectivity index (χ1n) is 8.29. The average Bonchev–Trinajstić information content (AvgIpc) is 2.53. The molecule has 1 N–H and O–H groups in total. The van der Waals surface area contributed by atoms with Gasteiger partial charge in [-0.15, -0.1) is 0 Å². The summed E-state index contributed by atoms with van der Waals surface area (Å²) in [4.78, 5) is 0. The Bertz CT molecular complexity index is 351. The number of hydrogen-bond acceptors (Lipinski definition) is 3. The van der Waals surface area contributed by atoms with Crippen LogP contribution in [0.15, 0.2) is 24.3 Å². The van der Waals surface area contributed by atoms with Crippen LogP contribution >= 0.6 is 0 Å². The molecule has 1 aromatic rings. The van der Waals surface area contributed by atoms with Crippen molar-refractivity contribution in [1.29, 1.82) is 0 Å². The molecule has 1 rings (SSSR count). The molecular weight excluding hydrogens is 262 g/mol. The van der Waals surface area contributed by atoms with Gasteiger partial charge in [0, 0.05) is 6.61 Å². The molecule has 0 aromatic heterocycles. The van der Waals surface area contributed by atoms with E-state index in [2.05, 4.69) is 31.3 Å². The van der Waals surface area contributed by atoms with Crippen LogP contribution in [-0.4, -0.2) is 26.9 Å². The van der Waals surface area contributed by atoms with Crippen molar-refractivity contribution in [3.8, 4) is 5.75 Å². The minimum Gasteiger partial charge on any atom is -0.494 e. The van der Waals surface area contributed by atoms with Crippen LogP contribution < -0.4 is 10.1 Å². The van der Waals surface area contributed by atoms with Crippen LogP contribution in [-0.2, 0) is 4.74 Å². The lowest BCUT2D eigenvalue weighted by molar-refractivity contribution is 0.110. The number of unbranched alkanes of at least 4 members (excludes halogenated alkanes) is 3. The Morgan fingerprint density at radius 3 is 2.33 bits per heavy atom. The molecule has 0 aliphatic heterocycles. The zero-order valence-electron chi connectivity index (χ0n) is 13.9. The number of hydrogen-bond donors (Lipinski definition) is 1. The van der Waals surface area contributed by atoms with E-state index in [1.807, 2.05) is 19.2 Å². The average molecular weight is 293 g/mol. The second-order valence-corrected chi connectivity index (χ2v) is 5.39. The monoisotopic (exact) mass is 293 g/mol. The fourth-order valence-electron chi connectivity index (χ4n) is 2.19. The fraction of sp³-hybridized carbons (Fsp3) is 0.667. The van der Waals surface area contributed by atoms with Gasteiger partial charge in [0.1, 0.15) is 5.75 Å². The maximum Gasteiger partial charge on any atom is 0.119 e. The molecule has 1 unspecified atom stereocenters. The van der Waals surface area contributed by atoms with Crippen LogP contribution in [0.3, 0.4) is 0 Å². The van der Waals surface area contributed by atoms with Crippen molar-refractivity contribution in [3.63, 3.8) is 0 Å². The molecule has 0 fully saturated rings. The van der Waals surface area contributed by atoms with Crippen molar-refractivity contribution < 1.29 is 9.47 Å². The van der Waals surface area contributed by atoms with Crippen molar-refractivity contribution in [2.45, 2.75) is 52.0 Å². The van der Waals surface area contributed by atoms with Gasteiger partial charge in [0.15, 0.2) is 0 Å². The summed E-state index contributed by atoms with van der Waals surface area (Å²) in [6, 6.07) is 8.56. The van der Waals surface area contributed by atoms with E-state index in [1.54, 1.807) is 0 Å². The van der Waals surface area contributed by atoms with Crippen LogP contribution in [0, 0.1) is 0 Å². The van der Waals surface area contributed by atoms with Crippen molar-refractivity contribution in [2.75, 3.05) is 26.9 Å². The normalized spacial score (nSPS) is 12.3. The summed E-state index contributed by atoms with van der Waals surface area (Å²) in [6.07, 6.45) is 6.04. The van der Waals surface area contributed by atoms with Gasteiger partial charge in [-0.25, -0.2) is 0 Å². The Hall–Kier alpha value is -1.06. The van der Waals surface area contributed by atoms with Gasteiger partial charge in [0.05, 0.1) is 19.3 Å². The third-order valence-electron chi connectivity index (χ3n) is 3.53. The fourth-order valence-corrected chi connectivity index (χ4v) is 2.19. The first kappa shape index (κ1) is 18.0. The van der Waals surface area contributed by atoms with E-state index in [0.29, 0.717) is 0 Å². The van der Waals surface area contributed by atoms with Gasteiger partial charge in [-0.3, -0.25) is 0 Å². The molecular formula is C18H31NO2. The molecule has 21 heavy (non-hydrogen) atoms. The highest BCUT2D eigenvalue weighted by Gasteiger charge is 2.09. The molecule has 3 nitrogen and oxygen atoms in total. The zero-order valence-corrected chi connectivity index (χ0v) is 13.9. The molecule has 0 heterocycles. The van der Waals surface area contributed by atoms with E-state index in [9.17, 15) is 0 Å². The molecule has 1 aromatic carbocycles. The third-order valence-corrected chi connectivity index (χ3v) is 3.53. The number of benzene rings is 1. The lowest BCUT2D eigenvalue weighted by Crippen LogP contribution is -2.22. The molecule has 0 saturated carbocycles. The summed E-state index contributed by atoms with van der Waals surface area (Å²) in [5.74, 6) is 0.941. The van der Waals surface area contributed by atoms with Crippen LogP contribution in [0.5, 0.6) is 5.75 Å². The predicted octanol–water partition coefficient (Wildman–Crippen LogP) is 4.33. The van der Waals surface area contributed by atoms with Gasteiger partial charge >= 0.3 is 0 Å². The summed E-state index contributed by atoms with van der Waals surface area (Å²) in [7, 11) is 1.98. The minimum atomic E-state index is 0.247. The number of nitrogens with one attached hydrogen (secondary N) is 1. The van der Waals surface area contributed by atoms with Gasteiger partial charge in [0.2, 0.25) is 0 Å².